The average molecular weight is 463 g/mol. The fraction of sp³-hybridized carbons (Fsp3) is 0.160. The van der Waals surface area contributed by atoms with Crippen LogP contribution in [0.2, 0.25) is 0 Å². The van der Waals surface area contributed by atoms with Gasteiger partial charge in [0, 0.05) is 18.8 Å². The van der Waals surface area contributed by atoms with Crippen molar-refractivity contribution in [3.8, 4) is 0 Å². The van der Waals surface area contributed by atoms with Crippen molar-refractivity contribution >= 4 is 43.7 Å². The van der Waals surface area contributed by atoms with Crippen LogP contribution < -0.4 is 5.32 Å². The van der Waals surface area contributed by atoms with Gasteiger partial charge in [-0.25, -0.2) is 8.42 Å². The van der Waals surface area contributed by atoms with Crippen molar-refractivity contribution in [3.05, 3.63) is 94.9 Å². The third-order valence-corrected chi connectivity index (χ3v) is 9.01. The van der Waals surface area contributed by atoms with Crippen molar-refractivity contribution < 1.29 is 13.2 Å². The Morgan fingerprint density at radius 3 is 2.66 bits per heavy atom. The minimum absolute atomic E-state index is 0.0971. The van der Waals surface area contributed by atoms with Crippen LogP contribution in [0.3, 0.4) is 0 Å². The van der Waals surface area contributed by atoms with Crippen LogP contribution in [0.25, 0.3) is 10.8 Å². The first-order valence-electron chi connectivity index (χ1n) is 10.4. The predicted octanol–water partition coefficient (Wildman–Crippen LogP) is 4.83. The number of nitrogens with zero attached hydrogens (tertiary/aromatic N) is 1. The summed E-state index contributed by atoms with van der Waals surface area (Å²) in [5.74, 6) is -0.0971. The first-order valence-corrected chi connectivity index (χ1v) is 12.7. The van der Waals surface area contributed by atoms with Gasteiger partial charge in [-0.15, -0.1) is 11.3 Å². The lowest BCUT2D eigenvalue weighted by molar-refractivity contribution is -0.115. The van der Waals surface area contributed by atoms with E-state index in [1.165, 1.54) is 15.6 Å². The molecule has 1 aliphatic rings. The van der Waals surface area contributed by atoms with E-state index in [9.17, 15) is 13.2 Å². The Kier molecular flexibility index (Phi) is 5.55. The third kappa shape index (κ3) is 4.07. The quantitative estimate of drug-likeness (QED) is 0.462. The van der Waals surface area contributed by atoms with Crippen LogP contribution in [-0.2, 0) is 34.2 Å². The van der Waals surface area contributed by atoms with Crippen LogP contribution >= 0.6 is 11.3 Å². The van der Waals surface area contributed by atoms with E-state index < -0.39 is 10.0 Å². The predicted molar refractivity (Wildman–Crippen MR) is 128 cm³/mol. The second-order valence-electron chi connectivity index (χ2n) is 7.87. The molecule has 0 fully saturated rings. The summed E-state index contributed by atoms with van der Waals surface area (Å²) in [6.07, 6.45) is 0.932. The van der Waals surface area contributed by atoms with Crippen molar-refractivity contribution in [1.82, 2.24) is 4.31 Å². The SMILES string of the molecule is O=C(Cc1cccc2ccccc12)Nc1ccc2c(c1)CN(S(=O)(=O)c1cccs1)CC2. The van der Waals surface area contributed by atoms with Crippen LogP contribution in [0.4, 0.5) is 5.69 Å². The topological polar surface area (TPSA) is 66.5 Å². The number of hydrogen-bond acceptors (Lipinski definition) is 4. The molecular weight excluding hydrogens is 440 g/mol. The Hall–Kier alpha value is -3.00. The van der Waals surface area contributed by atoms with E-state index in [1.807, 2.05) is 60.7 Å². The number of amides is 1. The van der Waals surface area contributed by atoms with Gasteiger partial charge in [0.05, 0.1) is 6.42 Å². The molecule has 0 atom stereocenters. The van der Waals surface area contributed by atoms with Gasteiger partial charge in [0.15, 0.2) is 0 Å². The van der Waals surface area contributed by atoms with Crippen molar-refractivity contribution in [1.29, 1.82) is 0 Å². The molecule has 0 saturated heterocycles. The van der Waals surface area contributed by atoms with Gasteiger partial charge in [0.1, 0.15) is 4.21 Å². The van der Waals surface area contributed by atoms with E-state index in [2.05, 4.69) is 5.32 Å². The smallest absolute Gasteiger partial charge is 0.252 e. The summed E-state index contributed by atoms with van der Waals surface area (Å²) in [6, 6.07) is 23.2. The molecule has 4 aromatic rings. The molecule has 7 heteroatoms. The van der Waals surface area contributed by atoms with Crippen LogP contribution in [0.1, 0.15) is 16.7 Å². The number of benzene rings is 3. The van der Waals surface area contributed by atoms with Crippen molar-refractivity contribution in [2.24, 2.45) is 0 Å². The second kappa shape index (κ2) is 8.50. The molecule has 1 N–H and O–H groups in total. The highest BCUT2D eigenvalue weighted by molar-refractivity contribution is 7.91. The number of fused-ring (bicyclic) bond motifs is 2. The molecule has 3 aromatic carbocycles. The van der Waals surface area contributed by atoms with Crippen LogP contribution in [0.5, 0.6) is 0 Å². The molecule has 1 aromatic heterocycles. The molecule has 5 rings (SSSR count). The number of rotatable bonds is 5. The largest absolute Gasteiger partial charge is 0.326 e. The van der Waals surface area contributed by atoms with Crippen molar-refractivity contribution in [3.63, 3.8) is 0 Å². The number of sulfonamides is 1. The Labute approximate surface area is 191 Å². The summed E-state index contributed by atoms with van der Waals surface area (Å²) in [5, 5.41) is 6.94. The lowest BCUT2D eigenvalue weighted by Crippen LogP contribution is -2.35. The standard InChI is InChI=1S/C25H22N2O3S2/c28-24(16-20-7-3-6-19-5-1-2-8-23(19)20)26-22-11-10-18-12-13-27(17-21(18)15-22)32(29,30)25-9-4-14-31-25/h1-11,14-15H,12-13,16-17H2,(H,26,28). The summed E-state index contributed by atoms with van der Waals surface area (Å²) in [5.41, 5.74) is 3.71. The van der Waals surface area contributed by atoms with Gasteiger partial charge in [-0.3, -0.25) is 4.79 Å². The van der Waals surface area contributed by atoms with E-state index in [4.69, 9.17) is 0 Å². The van der Waals surface area contributed by atoms with E-state index in [0.717, 1.165) is 27.5 Å². The van der Waals surface area contributed by atoms with Gasteiger partial charge < -0.3 is 5.32 Å². The summed E-state index contributed by atoms with van der Waals surface area (Å²) in [7, 11) is -3.49. The molecule has 0 radical (unpaired) electrons. The minimum atomic E-state index is -3.49. The fourth-order valence-electron chi connectivity index (χ4n) is 4.18. The zero-order chi connectivity index (χ0) is 22.1. The molecule has 0 unspecified atom stereocenters. The molecule has 0 aliphatic carbocycles. The number of nitrogens with one attached hydrogen (secondary N) is 1. The maximum atomic E-state index is 12.9. The summed E-state index contributed by atoms with van der Waals surface area (Å²) >= 11 is 1.23. The average Bonchev–Trinajstić information content (AvgIpc) is 3.35. The normalized spacial score (nSPS) is 14.2. The molecule has 1 amide bonds. The van der Waals surface area contributed by atoms with Crippen LogP contribution in [-0.4, -0.2) is 25.2 Å². The highest BCUT2D eigenvalue weighted by Crippen LogP contribution is 2.29. The lowest BCUT2D eigenvalue weighted by atomic mass is 10.00. The van der Waals surface area contributed by atoms with Gasteiger partial charge in [-0.05, 0) is 57.5 Å². The number of thiophene rings is 1. The Balaban J connectivity index is 1.33. The highest BCUT2D eigenvalue weighted by atomic mass is 32.2. The first-order chi connectivity index (χ1) is 15.5. The zero-order valence-electron chi connectivity index (χ0n) is 17.3. The maximum absolute atomic E-state index is 12.9. The number of anilines is 1. The summed E-state index contributed by atoms with van der Waals surface area (Å²) in [4.78, 5) is 12.8. The molecule has 0 spiro atoms. The van der Waals surface area contributed by atoms with Gasteiger partial charge in [-0.1, -0.05) is 54.6 Å². The molecule has 162 valence electrons. The monoisotopic (exact) mass is 462 g/mol. The van der Waals surface area contributed by atoms with E-state index in [-0.39, 0.29) is 12.3 Å². The van der Waals surface area contributed by atoms with Gasteiger partial charge in [0.25, 0.3) is 10.0 Å². The second-order valence-corrected chi connectivity index (χ2v) is 11.0. The molecule has 5 nitrogen and oxygen atoms in total. The van der Waals surface area contributed by atoms with E-state index in [1.54, 1.807) is 17.5 Å². The third-order valence-electron chi connectivity index (χ3n) is 5.79. The van der Waals surface area contributed by atoms with Gasteiger partial charge in [-0.2, -0.15) is 4.31 Å². The maximum Gasteiger partial charge on any atom is 0.252 e. The van der Waals surface area contributed by atoms with Crippen LogP contribution in [0.15, 0.2) is 82.4 Å². The number of hydrogen-bond donors (Lipinski definition) is 1. The van der Waals surface area contributed by atoms with Crippen molar-refractivity contribution in [2.75, 3.05) is 11.9 Å². The van der Waals surface area contributed by atoms with Gasteiger partial charge in [0.2, 0.25) is 5.91 Å². The molecular formula is C25H22N2O3S2. The Morgan fingerprint density at radius 1 is 0.969 bits per heavy atom. The lowest BCUT2D eigenvalue weighted by Gasteiger charge is -2.28. The highest BCUT2D eigenvalue weighted by Gasteiger charge is 2.29. The Morgan fingerprint density at radius 2 is 1.81 bits per heavy atom. The fourth-order valence-corrected chi connectivity index (χ4v) is 6.74. The summed E-state index contributed by atoms with van der Waals surface area (Å²) in [6.45, 7) is 0.766. The molecule has 32 heavy (non-hydrogen) atoms. The van der Waals surface area contributed by atoms with Gasteiger partial charge >= 0.3 is 0 Å². The van der Waals surface area contributed by atoms with Crippen molar-refractivity contribution in [2.45, 2.75) is 23.6 Å². The molecule has 0 saturated carbocycles. The first kappa shape index (κ1) is 20.9. The van der Waals surface area contributed by atoms with E-state index >= 15 is 0 Å². The zero-order valence-corrected chi connectivity index (χ0v) is 19.0. The molecule has 0 bridgehead atoms. The Bertz CT molecular complexity index is 1390. The number of carbonyl (C=O) groups is 1. The number of carbonyl (C=O) groups excluding carboxylic acids is 1. The summed E-state index contributed by atoms with van der Waals surface area (Å²) < 4.78 is 27.7. The van der Waals surface area contributed by atoms with Crippen LogP contribution in [0, 0.1) is 0 Å². The molecule has 1 aliphatic heterocycles. The van der Waals surface area contributed by atoms with E-state index in [0.29, 0.717) is 29.4 Å². The minimum Gasteiger partial charge on any atom is -0.326 e. The molecule has 2 heterocycles.